The number of aromatic nitrogens is 1. The van der Waals surface area contributed by atoms with Crippen molar-refractivity contribution < 1.29 is 17.9 Å². The van der Waals surface area contributed by atoms with Crippen LogP contribution < -0.4 is 4.90 Å². The van der Waals surface area contributed by atoms with Crippen LogP contribution in [0.25, 0.3) is 10.2 Å². The molecule has 1 aromatic heterocycles. The number of fused-ring (bicyclic) bond motifs is 1. The van der Waals surface area contributed by atoms with Gasteiger partial charge in [-0.2, -0.15) is 4.31 Å². The number of ether oxygens (including phenoxy) is 1. The highest BCUT2D eigenvalue weighted by molar-refractivity contribution is 7.88. The van der Waals surface area contributed by atoms with Gasteiger partial charge in [-0.05, 0) is 31.0 Å². The van der Waals surface area contributed by atoms with Gasteiger partial charge in [0.25, 0.3) is 0 Å². The highest BCUT2D eigenvalue weighted by atomic mass is 35.5. The molecule has 0 aliphatic carbocycles. The normalized spacial score (nSPS) is 15.3. The molecule has 2 heterocycles. The van der Waals surface area contributed by atoms with E-state index in [-0.39, 0.29) is 24.9 Å². The van der Waals surface area contributed by atoms with E-state index in [4.69, 9.17) is 16.3 Å². The minimum atomic E-state index is -3.46. The standard InChI is InChI=1S/C19H27ClN4O4S2.ClH/c1-14-11-15(20)12-16-18(14)21-19(29-16)24(17(25)13-22(2)30(3,26)27)6-4-5-23-7-9-28-10-8-23;/h11-12H,4-10,13H2,1-3H3;1H. The minimum absolute atomic E-state index is 0. The third-order valence-corrected chi connectivity index (χ3v) is 7.56. The molecule has 0 bridgehead atoms. The number of benzene rings is 1. The van der Waals surface area contributed by atoms with Crippen LogP contribution in [-0.2, 0) is 19.6 Å². The van der Waals surface area contributed by atoms with Crippen molar-refractivity contribution in [3.8, 4) is 0 Å². The summed E-state index contributed by atoms with van der Waals surface area (Å²) in [7, 11) is -2.05. The van der Waals surface area contributed by atoms with Gasteiger partial charge >= 0.3 is 0 Å². The molecule has 31 heavy (non-hydrogen) atoms. The maximum Gasteiger partial charge on any atom is 0.244 e. The number of anilines is 1. The van der Waals surface area contributed by atoms with E-state index in [9.17, 15) is 13.2 Å². The summed E-state index contributed by atoms with van der Waals surface area (Å²) >= 11 is 7.56. The molecule has 0 spiro atoms. The van der Waals surface area contributed by atoms with Gasteiger partial charge in [0.05, 0.1) is 36.2 Å². The van der Waals surface area contributed by atoms with Gasteiger partial charge in [0.2, 0.25) is 15.9 Å². The Labute approximate surface area is 198 Å². The number of thiazole rings is 1. The summed E-state index contributed by atoms with van der Waals surface area (Å²) < 4.78 is 30.9. The number of carbonyl (C=O) groups excluding carboxylic acids is 1. The zero-order valence-electron chi connectivity index (χ0n) is 17.8. The molecule has 0 atom stereocenters. The molecule has 174 valence electrons. The van der Waals surface area contributed by atoms with Gasteiger partial charge in [-0.25, -0.2) is 13.4 Å². The van der Waals surface area contributed by atoms with Crippen molar-refractivity contribution in [2.45, 2.75) is 13.3 Å². The van der Waals surface area contributed by atoms with E-state index in [1.54, 1.807) is 4.90 Å². The second-order valence-corrected chi connectivity index (χ2v) is 11.0. The number of likely N-dealkylation sites (N-methyl/N-ethyl adjacent to an activating group) is 1. The van der Waals surface area contributed by atoms with E-state index < -0.39 is 10.0 Å². The number of rotatable bonds is 8. The lowest BCUT2D eigenvalue weighted by Crippen LogP contribution is -2.43. The van der Waals surface area contributed by atoms with Crippen LogP contribution in [0.3, 0.4) is 0 Å². The van der Waals surface area contributed by atoms with Gasteiger partial charge < -0.3 is 4.74 Å². The molecule has 12 heteroatoms. The van der Waals surface area contributed by atoms with Crippen molar-refractivity contribution in [3.05, 3.63) is 22.7 Å². The molecule has 8 nitrogen and oxygen atoms in total. The number of aryl methyl sites for hydroxylation is 1. The lowest BCUT2D eigenvalue weighted by molar-refractivity contribution is -0.118. The molecular formula is C19H28Cl2N4O4S2. The quantitative estimate of drug-likeness (QED) is 0.542. The number of sulfonamides is 1. The molecule has 0 unspecified atom stereocenters. The molecule has 1 fully saturated rings. The summed E-state index contributed by atoms with van der Waals surface area (Å²) in [5.41, 5.74) is 1.75. The predicted octanol–water partition coefficient (Wildman–Crippen LogP) is 2.63. The molecule has 0 N–H and O–H groups in total. The summed E-state index contributed by atoms with van der Waals surface area (Å²) in [4.78, 5) is 21.6. The SMILES string of the molecule is Cc1cc(Cl)cc2sc(N(CCCN3CCOCC3)C(=O)CN(C)S(C)(=O)=O)nc12.Cl. The van der Waals surface area contributed by atoms with Crippen LogP contribution in [0, 0.1) is 6.92 Å². The van der Waals surface area contributed by atoms with Crippen molar-refractivity contribution >= 4 is 66.6 Å². The van der Waals surface area contributed by atoms with Gasteiger partial charge in [-0.3, -0.25) is 14.6 Å². The van der Waals surface area contributed by atoms with Crippen molar-refractivity contribution in [2.75, 3.05) is 64.1 Å². The average molecular weight is 511 g/mol. The smallest absolute Gasteiger partial charge is 0.244 e. The van der Waals surface area contributed by atoms with Crippen LogP contribution in [-0.4, -0.2) is 87.8 Å². The lowest BCUT2D eigenvalue weighted by atomic mass is 10.2. The predicted molar refractivity (Wildman–Crippen MR) is 128 cm³/mol. The number of nitrogens with zero attached hydrogens (tertiary/aromatic N) is 4. The zero-order valence-corrected chi connectivity index (χ0v) is 21.0. The average Bonchev–Trinajstić information content (AvgIpc) is 3.09. The molecule has 2 aromatic rings. The van der Waals surface area contributed by atoms with E-state index in [1.165, 1.54) is 18.4 Å². The molecule has 3 rings (SSSR count). The second-order valence-electron chi connectivity index (χ2n) is 7.44. The van der Waals surface area contributed by atoms with Gasteiger partial charge in [0, 0.05) is 38.2 Å². The number of hydrogen-bond acceptors (Lipinski definition) is 7. The Hall–Kier alpha value is -1.01. The van der Waals surface area contributed by atoms with E-state index >= 15 is 0 Å². The molecule has 0 saturated carbocycles. The molecule has 1 aliphatic heterocycles. The Kier molecular flexibility index (Phi) is 9.50. The Bertz CT molecular complexity index is 1010. The van der Waals surface area contributed by atoms with Crippen LogP contribution in [0.15, 0.2) is 12.1 Å². The fraction of sp³-hybridized carbons (Fsp3) is 0.579. The number of hydrogen-bond donors (Lipinski definition) is 0. The van der Waals surface area contributed by atoms with Gasteiger partial charge in [0.15, 0.2) is 5.13 Å². The highest BCUT2D eigenvalue weighted by Crippen LogP contribution is 2.33. The van der Waals surface area contributed by atoms with Crippen LogP contribution in [0.1, 0.15) is 12.0 Å². The summed E-state index contributed by atoms with van der Waals surface area (Å²) in [6.45, 7) is 6.20. The minimum Gasteiger partial charge on any atom is -0.379 e. The molecule has 1 saturated heterocycles. The first-order valence-corrected chi connectivity index (χ1v) is 12.8. The number of morpholine rings is 1. The fourth-order valence-electron chi connectivity index (χ4n) is 3.26. The van der Waals surface area contributed by atoms with E-state index in [1.807, 2.05) is 19.1 Å². The second kappa shape index (κ2) is 11.2. The fourth-order valence-corrected chi connectivity index (χ4v) is 5.06. The topological polar surface area (TPSA) is 83.0 Å². The summed E-state index contributed by atoms with van der Waals surface area (Å²) in [6, 6.07) is 3.68. The highest BCUT2D eigenvalue weighted by Gasteiger charge is 2.24. The Balaban J connectivity index is 0.00000341. The first-order valence-electron chi connectivity index (χ1n) is 9.73. The third-order valence-electron chi connectivity index (χ3n) is 5.05. The number of halogens is 2. The van der Waals surface area contributed by atoms with E-state index in [0.29, 0.717) is 16.7 Å². The zero-order chi connectivity index (χ0) is 21.9. The molecule has 1 amide bonds. The first kappa shape index (κ1) is 26.2. The summed E-state index contributed by atoms with van der Waals surface area (Å²) in [6.07, 6.45) is 1.84. The van der Waals surface area contributed by atoms with E-state index in [0.717, 1.165) is 65.6 Å². The number of carbonyl (C=O) groups is 1. The maximum absolute atomic E-state index is 13.0. The van der Waals surface area contributed by atoms with Crippen molar-refractivity contribution in [1.82, 2.24) is 14.2 Å². The lowest BCUT2D eigenvalue weighted by Gasteiger charge is -2.28. The third kappa shape index (κ3) is 6.98. The Morgan fingerprint density at radius 3 is 2.65 bits per heavy atom. The van der Waals surface area contributed by atoms with Crippen molar-refractivity contribution in [3.63, 3.8) is 0 Å². The Morgan fingerprint density at radius 1 is 1.32 bits per heavy atom. The van der Waals surface area contributed by atoms with Crippen molar-refractivity contribution in [1.29, 1.82) is 0 Å². The molecule has 1 aromatic carbocycles. The van der Waals surface area contributed by atoms with Crippen LogP contribution >= 0.6 is 35.3 Å². The first-order chi connectivity index (χ1) is 14.1. The number of amides is 1. The molecular weight excluding hydrogens is 483 g/mol. The van der Waals surface area contributed by atoms with Crippen LogP contribution in [0.5, 0.6) is 0 Å². The molecule has 0 radical (unpaired) electrons. The van der Waals surface area contributed by atoms with Gasteiger partial charge in [-0.1, -0.05) is 22.9 Å². The summed E-state index contributed by atoms with van der Waals surface area (Å²) in [5, 5.41) is 1.18. The van der Waals surface area contributed by atoms with Crippen molar-refractivity contribution in [2.24, 2.45) is 0 Å². The van der Waals surface area contributed by atoms with Crippen LogP contribution in [0.4, 0.5) is 5.13 Å². The van der Waals surface area contributed by atoms with Gasteiger partial charge in [-0.15, -0.1) is 12.4 Å². The summed E-state index contributed by atoms with van der Waals surface area (Å²) in [5.74, 6) is -0.298. The molecule has 1 aliphatic rings. The van der Waals surface area contributed by atoms with Gasteiger partial charge in [0.1, 0.15) is 0 Å². The van der Waals surface area contributed by atoms with E-state index in [2.05, 4.69) is 9.88 Å². The van der Waals surface area contributed by atoms with Crippen LogP contribution in [0.2, 0.25) is 5.02 Å². The maximum atomic E-state index is 13.0. The monoisotopic (exact) mass is 510 g/mol. The Morgan fingerprint density at radius 2 is 2.00 bits per heavy atom. The largest absolute Gasteiger partial charge is 0.379 e.